The van der Waals surface area contributed by atoms with E-state index < -0.39 is 8.07 Å². The lowest BCUT2D eigenvalue weighted by Crippen LogP contribution is -2.59. The zero-order valence-electron chi connectivity index (χ0n) is 11.2. The molecule has 1 aliphatic carbocycles. The topological polar surface area (TPSA) is 61.2 Å². The standard InChI is InChI=1S/C9H9NO2.C4H9NSi/c1-10-8(12)6-9(10)4-2-7(11)3-5-9;1-6(2,3)4-5/h2-5H,6H2,1H3;1-3H3. The van der Waals surface area contributed by atoms with E-state index in [2.05, 4.69) is 5.69 Å². The summed E-state index contributed by atoms with van der Waals surface area (Å²) in [4.78, 5) is 23.4. The van der Waals surface area contributed by atoms with Crippen LogP contribution >= 0.6 is 0 Å². The molecule has 0 radical (unpaired) electrons. The van der Waals surface area contributed by atoms with Crippen molar-refractivity contribution in [2.45, 2.75) is 31.6 Å². The summed E-state index contributed by atoms with van der Waals surface area (Å²) in [5, 5.41) is 8.21. The van der Waals surface area contributed by atoms with Crippen molar-refractivity contribution < 1.29 is 9.59 Å². The molecule has 1 heterocycles. The van der Waals surface area contributed by atoms with Gasteiger partial charge in [0, 0.05) is 12.7 Å². The lowest BCUT2D eigenvalue weighted by atomic mass is 9.81. The van der Waals surface area contributed by atoms with Crippen LogP contribution < -0.4 is 0 Å². The first-order chi connectivity index (χ1) is 8.20. The molecule has 0 unspecified atom stereocenters. The highest BCUT2D eigenvalue weighted by Crippen LogP contribution is 2.34. The third kappa shape index (κ3) is 3.17. The molecule has 0 aromatic carbocycles. The minimum absolute atomic E-state index is 0.00614. The van der Waals surface area contributed by atoms with Crippen LogP contribution in [0.4, 0.5) is 0 Å². The van der Waals surface area contributed by atoms with Gasteiger partial charge in [-0.25, -0.2) is 5.26 Å². The SMILES string of the molecule is CN1C(=O)CC12C=CC(=O)C=C2.C[Si](C)(C)C#N. The third-order valence-electron chi connectivity index (χ3n) is 2.84. The van der Waals surface area contributed by atoms with Gasteiger partial charge in [0.15, 0.2) is 13.9 Å². The molecule has 1 spiro atoms. The number of likely N-dealkylation sites (N-methyl/N-ethyl adjacent to an activating group) is 1. The molecule has 0 bridgehead atoms. The summed E-state index contributed by atoms with van der Waals surface area (Å²) in [6.07, 6.45) is 7.10. The molecule has 96 valence electrons. The lowest BCUT2D eigenvalue weighted by molar-refractivity contribution is -0.146. The second kappa shape index (κ2) is 4.90. The molecule has 0 aromatic rings. The third-order valence-corrected chi connectivity index (χ3v) is 3.51. The summed E-state index contributed by atoms with van der Waals surface area (Å²) in [7, 11) is 0.421. The molecule has 5 heteroatoms. The van der Waals surface area contributed by atoms with E-state index in [0.29, 0.717) is 6.42 Å². The highest BCUT2D eigenvalue weighted by atomic mass is 28.3. The zero-order valence-corrected chi connectivity index (χ0v) is 12.2. The molecule has 4 nitrogen and oxygen atoms in total. The van der Waals surface area contributed by atoms with E-state index in [9.17, 15) is 9.59 Å². The second-order valence-electron chi connectivity index (χ2n) is 5.55. The van der Waals surface area contributed by atoms with Crippen LogP contribution in [-0.4, -0.2) is 37.3 Å². The monoisotopic (exact) mass is 262 g/mol. The van der Waals surface area contributed by atoms with Crippen LogP contribution in [-0.2, 0) is 9.59 Å². The zero-order chi connectivity index (χ0) is 14.0. The fraction of sp³-hybridized carbons (Fsp3) is 0.462. The van der Waals surface area contributed by atoms with E-state index in [1.165, 1.54) is 12.2 Å². The van der Waals surface area contributed by atoms with Crippen molar-refractivity contribution in [1.29, 1.82) is 5.26 Å². The fourth-order valence-corrected chi connectivity index (χ4v) is 1.53. The number of nitrogens with zero attached hydrogens (tertiary/aromatic N) is 2. The lowest BCUT2D eigenvalue weighted by Gasteiger charge is -2.47. The number of hydrogen-bond donors (Lipinski definition) is 0. The van der Waals surface area contributed by atoms with Crippen molar-refractivity contribution in [3.63, 3.8) is 0 Å². The second-order valence-corrected chi connectivity index (χ2v) is 10.3. The van der Waals surface area contributed by atoms with Gasteiger partial charge in [0.25, 0.3) is 0 Å². The van der Waals surface area contributed by atoms with E-state index in [4.69, 9.17) is 5.26 Å². The minimum Gasteiger partial charge on any atom is -0.332 e. The predicted octanol–water partition coefficient (Wildman–Crippen LogP) is 1.67. The van der Waals surface area contributed by atoms with Crippen molar-refractivity contribution in [2.24, 2.45) is 0 Å². The smallest absolute Gasteiger partial charge is 0.226 e. The average Bonchev–Trinajstić information content (AvgIpc) is 2.32. The minimum atomic E-state index is -1.33. The maximum Gasteiger partial charge on any atom is 0.226 e. The molecule has 0 N–H and O–H groups in total. The van der Waals surface area contributed by atoms with Gasteiger partial charge in [-0.2, -0.15) is 0 Å². The Bertz CT molecular complexity index is 450. The van der Waals surface area contributed by atoms with E-state index in [1.807, 2.05) is 19.6 Å². The number of rotatable bonds is 0. The van der Waals surface area contributed by atoms with E-state index in [-0.39, 0.29) is 17.2 Å². The van der Waals surface area contributed by atoms with Gasteiger partial charge in [-0.05, 0) is 12.2 Å². The normalized spacial score (nSPS) is 20.1. The Hall–Kier alpha value is -1.67. The van der Waals surface area contributed by atoms with Crippen molar-refractivity contribution in [2.75, 3.05) is 7.05 Å². The molecule has 2 rings (SSSR count). The molecule has 0 atom stereocenters. The summed E-state index contributed by atoms with van der Waals surface area (Å²) in [5.74, 6) is 0.118. The molecule has 1 fully saturated rings. The van der Waals surface area contributed by atoms with Gasteiger partial charge < -0.3 is 4.90 Å². The summed E-state index contributed by atoms with van der Waals surface area (Å²) in [6.45, 7) is 6.06. The quantitative estimate of drug-likeness (QED) is 0.493. The molecular weight excluding hydrogens is 244 g/mol. The van der Waals surface area contributed by atoms with Gasteiger partial charge in [0.2, 0.25) is 5.91 Å². The van der Waals surface area contributed by atoms with Crippen LogP contribution in [0.25, 0.3) is 0 Å². The molecule has 1 saturated heterocycles. The van der Waals surface area contributed by atoms with Crippen LogP contribution in [0.15, 0.2) is 24.3 Å². The highest BCUT2D eigenvalue weighted by molar-refractivity contribution is 6.83. The van der Waals surface area contributed by atoms with Crippen LogP contribution in [0.3, 0.4) is 0 Å². The first-order valence-electron chi connectivity index (χ1n) is 5.80. The number of ketones is 1. The van der Waals surface area contributed by atoms with Crippen molar-refractivity contribution in [3.8, 4) is 5.69 Å². The number of amides is 1. The fourth-order valence-electron chi connectivity index (χ4n) is 1.53. The Balaban J connectivity index is 0.000000232. The van der Waals surface area contributed by atoms with Crippen LogP contribution in [0.5, 0.6) is 0 Å². The van der Waals surface area contributed by atoms with Crippen LogP contribution in [0.2, 0.25) is 19.6 Å². The number of hydrogen-bond acceptors (Lipinski definition) is 3. The van der Waals surface area contributed by atoms with Gasteiger partial charge in [0.05, 0.1) is 12.0 Å². The molecule has 18 heavy (non-hydrogen) atoms. The van der Waals surface area contributed by atoms with Gasteiger partial charge in [0.1, 0.15) is 0 Å². The first-order valence-corrected chi connectivity index (χ1v) is 9.30. The van der Waals surface area contributed by atoms with E-state index >= 15 is 0 Å². The number of likely N-dealkylation sites (tertiary alicyclic amines) is 1. The Morgan fingerprint density at radius 1 is 1.28 bits per heavy atom. The number of β-lactam (4-membered cyclic amide) rings is 1. The molecule has 2 aliphatic rings. The molecule has 0 aromatic heterocycles. The molecular formula is C13H18N2O2Si. The first kappa shape index (κ1) is 14.4. The predicted molar refractivity (Wildman–Crippen MR) is 72.4 cm³/mol. The average molecular weight is 262 g/mol. The maximum absolute atomic E-state index is 11.0. The van der Waals surface area contributed by atoms with Gasteiger partial charge >= 0.3 is 0 Å². The molecule has 1 amide bonds. The van der Waals surface area contributed by atoms with Crippen molar-refractivity contribution in [3.05, 3.63) is 24.3 Å². The van der Waals surface area contributed by atoms with Gasteiger partial charge in [-0.15, -0.1) is 0 Å². The summed E-state index contributed by atoms with van der Waals surface area (Å²) in [5.41, 5.74) is 1.96. The number of allylic oxidation sites excluding steroid dienone is 2. The maximum atomic E-state index is 11.0. The Labute approximate surface area is 109 Å². The summed E-state index contributed by atoms with van der Waals surface area (Å²) < 4.78 is 0. The molecule has 1 aliphatic heterocycles. The van der Waals surface area contributed by atoms with Crippen molar-refractivity contribution in [1.82, 2.24) is 4.90 Å². The summed E-state index contributed by atoms with van der Waals surface area (Å²) >= 11 is 0. The number of nitriles is 1. The highest BCUT2D eigenvalue weighted by Gasteiger charge is 2.45. The number of carbonyl (C=O) groups is 2. The Morgan fingerprint density at radius 2 is 1.72 bits per heavy atom. The van der Waals surface area contributed by atoms with Crippen molar-refractivity contribution >= 4 is 19.8 Å². The van der Waals surface area contributed by atoms with Crippen LogP contribution in [0.1, 0.15) is 6.42 Å². The molecule has 0 saturated carbocycles. The summed E-state index contributed by atoms with van der Waals surface area (Å²) in [6, 6.07) is 0. The van der Waals surface area contributed by atoms with Gasteiger partial charge in [-0.3, -0.25) is 9.59 Å². The van der Waals surface area contributed by atoms with E-state index in [0.717, 1.165) is 0 Å². The van der Waals surface area contributed by atoms with E-state index in [1.54, 1.807) is 24.1 Å². The van der Waals surface area contributed by atoms with Gasteiger partial charge in [-0.1, -0.05) is 31.8 Å². The Kier molecular flexibility index (Phi) is 3.92. The largest absolute Gasteiger partial charge is 0.332 e. The Morgan fingerprint density at radius 3 is 2.00 bits per heavy atom. The van der Waals surface area contributed by atoms with Crippen LogP contribution in [0, 0.1) is 11.0 Å². The number of carbonyl (C=O) groups excluding carboxylic acids is 2.